The maximum atomic E-state index is 6.34. The number of quaternary nitrogens is 1. The molecule has 5 atom stereocenters. The summed E-state index contributed by atoms with van der Waals surface area (Å²) in [6, 6.07) is 15.6. The van der Waals surface area contributed by atoms with E-state index in [1.54, 1.807) is 7.11 Å². The zero-order valence-electron chi connectivity index (χ0n) is 17.8. The van der Waals surface area contributed by atoms with Crippen molar-refractivity contribution in [3.05, 3.63) is 48.0 Å². The Balaban J connectivity index is 1.40. The van der Waals surface area contributed by atoms with Crippen LogP contribution in [0.3, 0.4) is 0 Å². The van der Waals surface area contributed by atoms with Gasteiger partial charge in [0, 0.05) is 30.9 Å². The van der Waals surface area contributed by atoms with Crippen molar-refractivity contribution in [1.29, 1.82) is 0 Å². The van der Waals surface area contributed by atoms with E-state index in [1.807, 2.05) is 0 Å². The molecule has 0 aromatic heterocycles. The van der Waals surface area contributed by atoms with Gasteiger partial charge in [0.05, 0.1) is 19.8 Å². The summed E-state index contributed by atoms with van der Waals surface area (Å²) < 4.78 is 18.3. The Hall–Kier alpha value is -1.46. The van der Waals surface area contributed by atoms with Crippen molar-refractivity contribution in [1.82, 2.24) is 0 Å². The van der Waals surface area contributed by atoms with Crippen molar-refractivity contribution in [2.75, 3.05) is 40.2 Å². The Morgan fingerprint density at radius 2 is 1.90 bits per heavy atom. The minimum atomic E-state index is 0.308. The minimum absolute atomic E-state index is 0.308. The highest BCUT2D eigenvalue weighted by Crippen LogP contribution is 2.61. The molecule has 0 amide bonds. The van der Waals surface area contributed by atoms with E-state index in [2.05, 4.69) is 49.4 Å². The number of ether oxygens (including phenoxy) is 3. The van der Waals surface area contributed by atoms with Gasteiger partial charge in [-0.3, -0.25) is 0 Å². The molecule has 3 fully saturated rings. The van der Waals surface area contributed by atoms with Gasteiger partial charge in [0.15, 0.2) is 0 Å². The first-order valence-electron chi connectivity index (χ1n) is 11.2. The molecule has 5 rings (SSSR count). The third-order valence-electron chi connectivity index (χ3n) is 8.46. The monoisotopic (exact) mass is 396 g/mol. The van der Waals surface area contributed by atoms with Crippen LogP contribution in [0.5, 0.6) is 0 Å². The molecule has 29 heavy (non-hydrogen) atoms. The van der Waals surface area contributed by atoms with Crippen LogP contribution in [0.1, 0.15) is 31.7 Å². The van der Waals surface area contributed by atoms with Gasteiger partial charge in [-0.05, 0) is 30.5 Å². The van der Waals surface area contributed by atoms with Crippen molar-refractivity contribution in [3.63, 3.8) is 0 Å². The van der Waals surface area contributed by atoms with Gasteiger partial charge in [-0.15, -0.1) is 0 Å². The van der Waals surface area contributed by atoms with E-state index < -0.39 is 0 Å². The summed E-state index contributed by atoms with van der Waals surface area (Å²) >= 11 is 0. The normalized spacial score (nSPS) is 35.4. The van der Waals surface area contributed by atoms with Crippen LogP contribution in [-0.4, -0.2) is 56.3 Å². The fourth-order valence-electron chi connectivity index (χ4n) is 6.99. The first-order chi connectivity index (χ1) is 14.2. The van der Waals surface area contributed by atoms with Crippen molar-refractivity contribution in [3.8, 4) is 0 Å². The Kier molecular flexibility index (Phi) is 5.15. The largest absolute Gasteiger partial charge is 0.382 e. The maximum absolute atomic E-state index is 6.34. The maximum Gasteiger partial charge on any atom is 0.147 e. The molecule has 1 aliphatic carbocycles. The lowest BCUT2D eigenvalue weighted by atomic mass is 9.83. The number of nitrogens with zero attached hydrogens (tertiary/aromatic N) is 1. The highest BCUT2D eigenvalue weighted by atomic mass is 16.7. The quantitative estimate of drug-likeness (QED) is 0.377. The van der Waals surface area contributed by atoms with E-state index >= 15 is 0 Å². The standard InChI is InChI=1S/C25H34NO3/c1-25-21-10-11-23(25)24(29-18-28-15-14-27-2)17-26(25,13-12-21)16-20-8-5-7-19-6-3-4-9-22(19)20/h3-9,21,23-24H,10-18H2,1-2H3/q+1/t21-,23+,24+,25+,26+/m0/s1. The highest BCUT2D eigenvalue weighted by molar-refractivity contribution is 5.85. The van der Waals surface area contributed by atoms with Crippen LogP contribution in [0.15, 0.2) is 42.5 Å². The topological polar surface area (TPSA) is 27.7 Å². The Morgan fingerprint density at radius 3 is 2.79 bits per heavy atom. The summed E-state index contributed by atoms with van der Waals surface area (Å²) in [5.74, 6) is 1.49. The van der Waals surface area contributed by atoms with Crippen LogP contribution >= 0.6 is 0 Å². The fourth-order valence-corrected chi connectivity index (χ4v) is 6.99. The molecule has 0 unspecified atom stereocenters. The second-order valence-corrected chi connectivity index (χ2v) is 9.47. The minimum Gasteiger partial charge on any atom is -0.382 e. The summed E-state index contributed by atoms with van der Waals surface area (Å²) in [5, 5.41) is 2.77. The van der Waals surface area contributed by atoms with Gasteiger partial charge in [-0.25, -0.2) is 0 Å². The molecule has 2 heterocycles. The van der Waals surface area contributed by atoms with Crippen molar-refractivity contribution in [2.45, 2.75) is 44.4 Å². The average molecular weight is 397 g/mol. The third kappa shape index (κ3) is 3.04. The van der Waals surface area contributed by atoms with Crippen molar-refractivity contribution < 1.29 is 18.7 Å². The molecule has 0 radical (unpaired) electrons. The number of hydrogen-bond acceptors (Lipinski definition) is 3. The van der Waals surface area contributed by atoms with Crippen LogP contribution in [0.2, 0.25) is 0 Å². The number of benzene rings is 2. The lowest BCUT2D eigenvalue weighted by Crippen LogP contribution is -2.57. The van der Waals surface area contributed by atoms with E-state index in [9.17, 15) is 0 Å². The fraction of sp³-hybridized carbons (Fsp3) is 0.600. The predicted molar refractivity (Wildman–Crippen MR) is 114 cm³/mol. The molecule has 0 bridgehead atoms. The molecular weight excluding hydrogens is 362 g/mol. The van der Waals surface area contributed by atoms with Crippen molar-refractivity contribution >= 4 is 10.8 Å². The van der Waals surface area contributed by atoms with E-state index in [0.717, 1.165) is 19.0 Å². The molecule has 2 aromatic rings. The summed E-state index contributed by atoms with van der Waals surface area (Å²) in [6.07, 6.45) is 4.35. The van der Waals surface area contributed by atoms with Gasteiger partial charge < -0.3 is 18.7 Å². The first kappa shape index (κ1) is 19.5. The Labute approximate surface area is 174 Å². The Bertz CT molecular complexity index is 865. The van der Waals surface area contributed by atoms with E-state index in [0.29, 0.717) is 37.6 Å². The first-order valence-corrected chi connectivity index (χ1v) is 11.2. The van der Waals surface area contributed by atoms with Gasteiger partial charge in [0.25, 0.3) is 0 Å². The highest BCUT2D eigenvalue weighted by Gasteiger charge is 2.71. The molecule has 0 N–H and O–H groups in total. The molecule has 3 aliphatic rings. The molecule has 0 spiro atoms. The van der Waals surface area contributed by atoms with Crippen LogP contribution < -0.4 is 0 Å². The van der Waals surface area contributed by atoms with Crippen LogP contribution in [-0.2, 0) is 20.8 Å². The van der Waals surface area contributed by atoms with Gasteiger partial charge in [0.2, 0.25) is 0 Å². The summed E-state index contributed by atoms with van der Waals surface area (Å²) in [5.41, 5.74) is 1.83. The molecule has 4 nitrogen and oxygen atoms in total. The van der Waals surface area contributed by atoms with Crippen LogP contribution in [0.25, 0.3) is 10.8 Å². The molecule has 2 saturated heterocycles. The number of rotatable bonds is 8. The number of methoxy groups -OCH3 is 1. The summed E-state index contributed by atoms with van der Waals surface area (Å²) in [7, 11) is 1.70. The lowest BCUT2D eigenvalue weighted by Gasteiger charge is -2.44. The number of hydrogen-bond donors (Lipinski definition) is 0. The average Bonchev–Trinajstić information content (AvgIpc) is 3.31. The van der Waals surface area contributed by atoms with E-state index in [4.69, 9.17) is 14.2 Å². The van der Waals surface area contributed by atoms with Crippen LogP contribution in [0, 0.1) is 11.8 Å². The summed E-state index contributed by atoms with van der Waals surface area (Å²) in [6.45, 7) is 7.71. The van der Waals surface area contributed by atoms with Gasteiger partial charge in [-0.2, -0.15) is 0 Å². The lowest BCUT2D eigenvalue weighted by molar-refractivity contribution is -0.966. The molecule has 1 saturated carbocycles. The predicted octanol–water partition coefficient (Wildman–Crippen LogP) is 4.36. The SMILES string of the molecule is COCCOCO[C@@H]1C[N@+]2(Cc3cccc4ccccc34)CC[C@@H]3CC[C@H]1[C@@]32C. The van der Waals surface area contributed by atoms with Crippen LogP contribution in [0.4, 0.5) is 0 Å². The van der Waals surface area contributed by atoms with Gasteiger partial charge in [0.1, 0.15) is 31.5 Å². The Morgan fingerprint density at radius 1 is 1.03 bits per heavy atom. The zero-order chi connectivity index (χ0) is 19.9. The van der Waals surface area contributed by atoms with Gasteiger partial charge >= 0.3 is 0 Å². The number of fused-ring (bicyclic) bond motifs is 1. The molecule has 2 aromatic carbocycles. The second kappa shape index (κ2) is 7.66. The van der Waals surface area contributed by atoms with E-state index in [1.165, 1.54) is 46.6 Å². The molecular formula is C25H34NO3+. The van der Waals surface area contributed by atoms with Gasteiger partial charge in [-0.1, -0.05) is 42.5 Å². The van der Waals surface area contributed by atoms with Crippen molar-refractivity contribution in [2.24, 2.45) is 11.8 Å². The molecule has 156 valence electrons. The zero-order valence-corrected chi connectivity index (χ0v) is 17.8. The smallest absolute Gasteiger partial charge is 0.147 e. The molecule has 4 heteroatoms. The van der Waals surface area contributed by atoms with E-state index in [-0.39, 0.29) is 0 Å². The second-order valence-electron chi connectivity index (χ2n) is 9.47. The third-order valence-corrected chi connectivity index (χ3v) is 8.46. The molecule has 2 aliphatic heterocycles. The summed E-state index contributed by atoms with van der Waals surface area (Å²) in [4.78, 5) is 0.